The van der Waals surface area contributed by atoms with Crippen LogP contribution in [0.3, 0.4) is 0 Å². The smallest absolute Gasteiger partial charge is 0.326 e. The van der Waals surface area contributed by atoms with E-state index in [1.165, 1.54) is 93.8 Å². The number of fused-ring (bicyclic) bond motifs is 5. The summed E-state index contributed by atoms with van der Waals surface area (Å²) in [6, 6.07) is 6.05. The molecule has 0 spiro atoms. The van der Waals surface area contributed by atoms with Crippen LogP contribution in [0.2, 0.25) is 0 Å². The van der Waals surface area contributed by atoms with Gasteiger partial charge in [-0.2, -0.15) is 0 Å². The lowest BCUT2D eigenvalue weighted by atomic mass is 9.89. The predicted octanol–water partition coefficient (Wildman–Crippen LogP) is 6.46. The highest BCUT2D eigenvalue weighted by molar-refractivity contribution is 7.91. The van der Waals surface area contributed by atoms with Crippen molar-refractivity contribution < 1.29 is 42.9 Å². The number of nitrogens with one attached hydrogen (secondary N) is 1. The summed E-state index contributed by atoms with van der Waals surface area (Å²) >= 11 is 0. The molecule has 55 heavy (non-hydrogen) atoms. The van der Waals surface area contributed by atoms with Gasteiger partial charge in [-0.25, -0.2) is 13.2 Å². The number of Topliss-reactive ketones (excluding diaryl/α,β-unsaturated/α-hetero) is 1. The molecule has 0 aromatic heterocycles. The molecular weight excluding hydrogens is 723 g/mol. The number of carbonyl (C=O) groups excluding carboxylic acids is 3. The van der Waals surface area contributed by atoms with Gasteiger partial charge in [-0.3, -0.25) is 14.4 Å². The molecule has 0 saturated carbocycles. The molecule has 1 heterocycles. The van der Waals surface area contributed by atoms with Crippen LogP contribution < -0.4 is 11.1 Å². The van der Waals surface area contributed by atoms with Crippen molar-refractivity contribution in [3.05, 3.63) is 47.5 Å². The molecule has 0 unspecified atom stereocenters. The molecule has 12 nitrogen and oxygen atoms in total. The van der Waals surface area contributed by atoms with Gasteiger partial charge in [0.25, 0.3) is 0 Å². The minimum Gasteiger partial charge on any atom is -0.507 e. The van der Waals surface area contributed by atoms with Crippen molar-refractivity contribution in [3.63, 3.8) is 0 Å². The van der Waals surface area contributed by atoms with E-state index in [4.69, 9.17) is 5.73 Å². The fourth-order valence-electron chi connectivity index (χ4n) is 7.35. The van der Waals surface area contributed by atoms with E-state index in [9.17, 15) is 42.9 Å². The number of carbonyl (C=O) groups is 4. The number of likely N-dealkylation sites (N-methyl/N-ethyl adjacent to an activating group) is 1. The van der Waals surface area contributed by atoms with Crippen molar-refractivity contribution in [2.24, 2.45) is 17.6 Å². The Bertz CT molecular complexity index is 1700. The fourth-order valence-corrected chi connectivity index (χ4v) is 9.08. The van der Waals surface area contributed by atoms with Gasteiger partial charge < -0.3 is 31.3 Å². The Balaban J connectivity index is 1.87. The maximum Gasteiger partial charge on any atom is 0.326 e. The van der Waals surface area contributed by atoms with E-state index < -0.39 is 57.3 Å². The molecule has 0 radical (unpaired) electrons. The normalized spacial score (nSPS) is 18.3. The van der Waals surface area contributed by atoms with E-state index in [-0.39, 0.29) is 59.0 Å². The molecule has 2 aromatic carbocycles. The summed E-state index contributed by atoms with van der Waals surface area (Å²) in [5.41, 5.74) is 6.79. The van der Waals surface area contributed by atoms with Crippen LogP contribution >= 0.6 is 0 Å². The summed E-state index contributed by atoms with van der Waals surface area (Å²) in [6.07, 6.45) is 12.8. The Morgan fingerprint density at radius 3 is 2.04 bits per heavy atom. The zero-order valence-electron chi connectivity index (χ0n) is 32.9. The highest BCUT2D eigenvalue weighted by Crippen LogP contribution is 2.39. The predicted molar refractivity (Wildman–Crippen MR) is 214 cm³/mol. The van der Waals surface area contributed by atoms with Crippen molar-refractivity contribution in [1.29, 1.82) is 0 Å². The maximum atomic E-state index is 14.4. The number of carboxylic acids is 1. The second kappa shape index (κ2) is 22.6. The number of phenolic OH excluding ortho intramolecular Hbond substituents is 2. The number of nitrogens with zero attached hydrogens (tertiary/aromatic N) is 1. The number of sulfone groups is 1. The molecule has 1 aliphatic rings. The number of unbranched alkanes of at least 4 members (excludes halogenated alkanes) is 11. The molecule has 6 N–H and O–H groups in total. The van der Waals surface area contributed by atoms with E-state index in [0.29, 0.717) is 31.4 Å². The molecule has 4 atom stereocenters. The number of hydrogen-bond donors (Lipinski definition) is 5. The van der Waals surface area contributed by atoms with Crippen molar-refractivity contribution in [2.75, 3.05) is 25.1 Å². The van der Waals surface area contributed by atoms with Gasteiger partial charge in [-0.05, 0) is 61.2 Å². The summed E-state index contributed by atoms with van der Waals surface area (Å²) in [6.45, 7) is 4.07. The van der Waals surface area contributed by atoms with Crippen LogP contribution in [-0.2, 0) is 35.4 Å². The number of nitrogens with two attached hydrogens (primary N) is 1. The van der Waals surface area contributed by atoms with Crippen LogP contribution in [0.5, 0.6) is 11.5 Å². The maximum absolute atomic E-state index is 14.4. The zero-order chi connectivity index (χ0) is 40.5. The Morgan fingerprint density at radius 2 is 1.44 bits per heavy atom. The molecule has 4 bridgehead atoms. The molecular formula is C42H63N3O9S. The first-order chi connectivity index (χ1) is 26.2. The molecule has 13 heteroatoms. The number of carboxylic acid groups (broad SMARTS) is 1. The molecule has 1 aliphatic heterocycles. The van der Waals surface area contributed by atoms with Crippen LogP contribution in [0.25, 0.3) is 11.1 Å². The topological polar surface area (TPSA) is 204 Å². The van der Waals surface area contributed by atoms with E-state index in [1.807, 2.05) is 0 Å². The number of benzene rings is 2. The summed E-state index contributed by atoms with van der Waals surface area (Å²) < 4.78 is 26.9. The first kappa shape index (κ1) is 45.4. The van der Waals surface area contributed by atoms with Crippen LogP contribution in [0, 0.1) is 11.8 Å². The standard InChI is InChI=1S/C42H63N3O9S/c1-4-5-6-7-8-9-10-11-12-13-16-23-55(53,54)28-32(17-14-15-22-43)41(50)45(3)39-31-19-21-37(47)34(27-31)33-25-30(18-20-36(33)46)26-35(42(51)52)44-40(49)29(2)24-38(39)48/h18-21,25,27,29,32,35,39,46-47H,4-17,22-24,26,28,43H2,1-3H3,(H,44,49)(H,51,52)/t29-,32-,35+,39+/m1/s1. The number of aliphatic carboxylic acids is 1. The van der Waals surface area contributed by atoms with Crippen molar-refractivity contribution in [2.45, 2.75) is 129 Å². The molecule has 0 aliphatic carbocycles. The molecule has 306 valence electrons. The zero-order valence-corrected chi connectivity index (χ0v) is 33.7. The van der Waals surface area contributed by atoms with Gasteiger partial charge in [-0.1, -0.05) is 96.6 Å². The van der Waals surface area contributed by atoms with E-state index in [1.54, 1.807) is 0 Å². The monoisotopic (exact) mass is 785 g/mol. The van der Waals surface area contributed by atoms with Crippen molar-refractivity contribution in [1.82, 2.24) is 10.2 Å². The average Bonchev–Trinajstić information content (AvgIpc) is 3.13. The summed E-state index contributed by atoms with van der Waals surface area (Å²) in [7, 11) is -2.21. The quantitative estimate of drug-likeness (QED) is 0.0875. The number of phenols is 2. The largest absolute Gasteiger partial charge is 0.507 e. The lowest BCUT2D eigenvalue weighted by Crippen LogP contribution is -2.46. The third-order valence-electron chi connectivity index (χ3n) is 10.6. The summed E-state index contributed by atoms with van der Waals surface area (Å²) in [5.74, 6) is -5.84. The van der Waals surface area contributed by atoms with Crippen LogP contribution in [0.4, 0.5) is 0 Å². The highest BCUT2D eigenvalue weighted by atomic mass is 32.2. The molecule has 2 aromatic rings. The molecule has 0 saturated heterocycles. The van der Waals surface area contributed by atoms with Gasteiger partial charge in [0, 0.05) is 36.9 Å². The number of rotatable bonds is 21. The third kappa shape index (κ3) is 14.2. The lowest BCUT2D eigenvalue weighted by Gasteiger charge is -2.32. The van der Waals surface area contributed by atoms with E-state index in [0.717, 1.165) is 25.7 Å². The Kier molecular flexibility index (Phi) is 18.6. The Hall–Kier alpha value is -3.97. The molecule has 2 amide bonds. The Morgan fingerprint density at radius 1 is 0.855 bits per heavy atom. The first-order valence-corrected chi connectivity index (χ1v) is 21.9. The fraction of sp³-hybridized carbons (Fsp3) is 0.619. The number of ketones is 1. The SMILES string of the molecule is CCCCCCCCCCCCCS(=O)(=O)C[C@@H](CCCCN)C(=O)N(C)[C@@H]1C(=O)C[C@@H](C)C(=O)N[C@H](C(=O)O)Cc2ccc(O)c(c2)-c2cc1ccc2O. The second-order valence-corrected chi connectivity index (χ2v) is 17.5. The Labute approximate surface area is 327 Å². The average molecular weight is 786 g/mol. The van der Waals surface area contributed by atoms with Gasteiger partial charge in [0.1, 0.15) is 23.6 Å². The number of aromatic hydroxyl groups is 2. The minimum absolute atomic E-state index is 0.0371. The molecule has 3 rings (SSSR count). The third-order valence-corrected chi connectivity index (χ3v) is 12.4. The number of amides is 2. The minimum atomic E-state index is -3.64. The number of hydrogen-bond acceptors (Lipinski definition) is 9. The first-order valence-electron chi connectivity index (χ1n) is 20.1. The van der Waals surface area contributed by atoms with E-state index >= 15 is 0 Å². The lowest BCUT2D eigenvalue weighted by molar-refractivity contribution is -0.143. The molecule has 0 fully saturated rings. The van der Waals surface area contributed by atoms with Gasteiger partial charge in [0.15, 0.2) is 15.6 Å². The van der Waals surface area contributed by atoms with E-state index in [2.05, 4.69) is 12.2 Å². The van der Waals surface area contributed by atoms with Crippen molar-refractivity contribution in [3.8, 4) is 22.6 Å². The summed E-state index contributed by atoms with van der Waals surface area (Å²) in [5, 5.41) is 34.2. The van der Waals surface area contributed by atoms with Crippen LogP contribution in [0.1, 0.15) is 127 Å². The van der Waals surface area contributed by atoms with Gasteiger partial charge in [0.2, 0.25) is 11.8 Å². The van der Waals surface area contributed by atoms with Crippen LogP contribution in [0.15, 0.2) is 36.4 Å². The van der Waals surface area contributed by atoms with Gasteiger partial charge in [-0.15, -0.1) is 0 Å². The van der Waals surface area contributed by atoms with Gasteiger partial charge in [0.05, 0.1) is 17.4 Å². The van der Waals surface area contributed by atoms with Crippen LogP contribution in [-0.4, -0.2) is 83.3 Å². The summed E-state index contributed by atoms with van der Waals surface area (Å²) in [4.78, 5) is 55.1. The van der Waals surface area contributed by atoms with Gasteiger partial charge >= 0.3 is 5.97 Å². The second-order valence-electron chi connectivity index (χ2n) is 15.3. The highest BCUT2D eigenvalue weighted by Gasteiger charge is 2.36. The van der Waals surface area contributed by atoms with Crippen molar-refractivity contribution >= 4 is 33.4 Å².